The van der Waals surface area contributed by atoms with Gasteiger partial charge in [-0.25, -0.2) is 0 Å². The minimum Gasteiger partial charge on any atom is -0.453 e. The van der Waals surface area contributed by atoms with E-state index in [0.717, 1.165) is 5.92 Å². The first kappa shape index (κ1) is 9.33. The average molecular weight is 190 g/mol. The van der Waals surface area contributed by atoms with Crippen molar-refractivity contribution in [1.29, 1.82) is 0 Å². The van der Waals surface area contributed by atoms with Crippen LogP contribution in [-0.2, 0) is 9.53 Å². The molecule has 2 nitrogen and oxygen atoms in total. The van der Waals surface area contributed by atoms with Gasteiger partial charge in [-0.15, -0.1) is 0 Å². The Morgan fingerprint density at radius 3 is 2.93 bits per heavy atom. The lowest BCUT2D eigenvalue weighted by atomic mass is 9.94. The van der Waals surface area contributed by atoms with Crippen molar-refractivity contribution in [2.24, 2.45) is 17.8 Å². The Bertz CT molecular complexity index is 319. The standard InChI is InChI=1S/C12H14O2/c1-9(13)14-6-2-3-11-7-10-4-5-12(11)8-10/h4-5,10-12H,6-8H2,1H3. The fourth-order valence-corrected chi connectivity index (χ4v) is 2.26. The maximum atomic E-state index is 10.5. The molecule has 0 amide bonds. The maximum absolute atomic E-state index is 10.5. The summed E-state index contributed by atoms with van der Waals surface area (Å²) >= 11 is 0. The zero-order valence-corrected chi connectivity index (χ0v) is 8.32. The summed E-state index contributed by atoms with van der Waals surface area (Å²) in [4.78, 5) is 10.5. The monoisotopic (exact) mass is 190 g/mol. The summed E-state index contributed by atoms with van der Waals surface area (Å²) in [6.07, 6.45) is 7.04. The highest BCUT2D eigenvalue weighted by Gasteiger charge is 2.34. The fourth-order valence-electron chi connectivity index (χ4n) is 2.26. The second kappa shape index (κ2) is 3.88. The normalized spacial score (nSPS) is 32.5. The van der Waals surface area contributed by atoms with Gasteiger partial charge in [0.25, 0.3) is 0 Å². The molecule has 0 saturated heterocycles. The first-order valence-corrected chi connectivity index (χ1v) is 5.06. The van der Waals surface area contributed by atoms with E-state index < -0.39 is 0 Å². The minimum atomic E-state index is -0.257. The number of esters is 1. The molecule has 3 atom stereocenters. The van der Waals surface area contributed by atoms with Crippen LogP contribution in [-0.4, -0.2) is 12.6 Å². The van der Waals surface area contributed by atoms with Gasteiger partial charge in [-0.2, -0.15) is 0 Å². The molecule has 3 unspecified atom stereocenters. The molecule has 0 aromatic heterocycles. The molecule has 0 aromatic rings. The van der Waals surface area contributed by atoms with E-state index in [1.165, 1.54) is 19.8 Å². The number of ether oxygens (including phenoxy) is 1. The number of fused-ring (bicyclic) bond motifs is 2. The first-order valence-electron chi connectivity index (χ1n) is 5.06. The van der Waals surface area contributed by atoms with Crippen molar-refractivity contribution in [3.05, 3.63) is 12.2 Å². The third-order valence-electron chi connectivity index (χ3n) is 2.91. The van der Waals surface area contributed by atoms with Gasteiger partial charge in [0.05, 0.1) is 0 Å². The van der Waals surface area contributed by atoms with Crippen LogP contribution in [0.15, 0.2) is 12.2 Å². The summed E-state index contributed by atoms with van der Waals surface area (Å²) in [6.45, 7) is 1.65. The largest absolute Gasteiger partial charge is 0.453 e. The molecule has 2 aliphatic rings. The van der Waals surface area contributed by atoms with Crippen molar-refractivity contribution in [2.45, 2.75) is 19.8 Å². The highest BCUT2D eigenvalue weighted by molar-refractivity contribution is 5.66. The molecule has 0 N–H and O–H groups in total. The molecule has 2 rings (SSSR count). The Kier molecular flexibility index (Phi) is 2.58. The zero-order chi connectivity index (χ0) is 9.97. The van der Waals surface area contributed by atoms with Gasteiger partial charge in [0.15, 0.2) is 6.61 Å². The van der Waals surface area contributed by atoms with Gasteiger partial charge in [0.1, 0.15) is 0 Å². The lowest BCUT2D eigenvalue weighted by molar-refractivity contribution is -0.139. The maximum Gasteiger partial charge on any atom is 0.303 e. The van der Waals surface area contributed by atoms with E-state index >= 15 is 0 Å². The van der Waals surface area contributed by atoms with E-state index in [9.17, 15) is 4.79 Å². The Hall–Kier alpha value is -1.23. The van der Waals surface area contributed by atoms with Crippen LogP contribution >= 0.6 is 0 Å². The van der Waals surface area contributed by atoms with E-state index in [2.05, 4.69) is 24.0 Å². The molecule has 0 radical (unpaired) electrons. The molecule has 0 spiro atoms. The third kappa shape index (κ3) is 1.98. The van der Waals surface area contributed by atoms with Crippen molar-refractivity contribution in [3.63, 3.8) is 0 Å². The molecule has 0 heterocycles. The molecule has 1 fully saturated rings. The van der Waals surface area contributed by atoms with Gasteiger partial charge >= 0.3 is 5.97 Å². The number of rotatable bonds is 1. The minimum absolute atomic E-state index is 0.243. The Labute approximate surface area is 84.3 Å². The Morgan fingerprint density at radius 2 is 2.36 bits per heavy atom. The van der Waals surface area contributed by atoms with Crippen molar-refractivity contribution in [3.8, 4) is 11.8 Å². The average Bonchev–Trinajstić information content (AvgIpc) is 2.73. The van der Waals surface area contributed by atoms with Gasteiger partial charge in [0, 0.05) is 12.8 Å². The highest BCUT2D eigenvalue weighted by atomic mass is 16.5. The van der Waals surface area contributed by atoms with Crippen LogP contribution in [0.1, 0.15) is 19.8 Å². The number of allylic oxidation sites excluding steroid dienone is 2. The topological polar surface area (TPSA) is 26.3 Å². The van der Waals surface area contributed by atoms with Crippen LogP contribution in [0.5, 0.6) is 0 Å². The van der Waals surface area contributed by atoms with Crippen LogP contribution < -0.4 is 0 Å². The van der Waals surface area contributed by atoms with E-state index in [4.69, 9.17) is 4.74 Å². The molecule has 2 bridgehead atoms. The molecule has 1 saturated carbocycles. The van der Waals surface area contributed by atoms with Gasteiger partial charge in [-0.05, 0) is 24.7 Å². The van der Waals surface area contributed by atoms with Gasteiger partial charge in [-0.3, -0.25) is 4.79 Å². The predicted molar refractivity (Wildman–Crippen MR) is 53.3 cm³/mol. The van der Waals surface area contributed by atoms with E-state index in [1.54, 1.807) is 0 Å². The van der Waals surface area contributed by atoms with Gasteiger partial charge in [0.2, 0.25) is 0 Å². The molecule has 0 aromatic carbocycles. The SMILES string of the molecule is CC(=O)OCC#CC1CC2C=CC1C2. The lowest BCUT2D eigenvalue weighted by Crippen LogP contribution is -2.04. The highest BCUT2D eigenvalue weighted by Crippen LogP contribution is 2.42. The molecular formula is C12H14O2. The number of carbonyl (C=O) groups is 1. The number of hydrogen-bond acceptors (Lipinski definition) is 2. The Morgan fingerprint density at radius 1 is 1.50 bits per heavy atom. The summed E-state index contributed by atoms with van der Waals surface area (Å²) in [7, 11) is 0. The predicted octanol–water partition coefficient (Wildman–Crippen LogP) is 1.77. The molecule has 2 aliphatic carbocycles. The van der Waals surface area contributed by atoms with Crippen LogP contribution in [0, 0.1) is 29.6 Å². The Balaban J connectivity index is 1.80. The summed E-state index contributed by atoms with van der Waals surface area (Å²) < 4.78 is 4.75. The second-order valence-electron chi connectivity index (χ2n) is 3.99. The second-order valence-corrected chi connectivity index (χ2v) is 3.99. The quantitative estimate of drug-likeness (QED) is 0.358. The van der Waals surface area contributed by atoms with Crippen LogP contribution in [0.25, 0.3) is 0 Å². The zero-order valence-electron chi connectivity index (χ0n) is 8.32. The summed E-state index contributed by atoms with van der Waals surface area (Å²) in [5.74, 6) is 7.76. The molecular weight excluding hydrogens is 176 g/mol. The number of hydrogen-bond donors (Lipinski definition) is 0. The van der Waals surface area contributed by atoms with E-state index in [-0.39, 0.29) is 12.6 Å². The molecule has 2 heteroatoms. The van der Waals surface area contributed by atoms with Crippen molar-refractivity contribution >= 4 is 5.97 Å². The number of carbonyl (C=O) groups excluding carboxylic acids is 1. The van der Waals surface area contributed by atoms with Crippen LogP contribution in [0.2, 0.25) is 0 Å². The van der Waals surface area contributed by atoms with Crippen LogP contribution in [0.3, 0.4) is 0 Å². The molecule has 0 aliphatic heterocycles. The first-order chi connectivity index (χ1) is 6.75. The van der Waals surface area contributed by atoms with Crippen molar-refractivity contribution < 1.29 is 9.53 Å². The lowest BCUT2D eigenvalue weighted by Gasteiger charge is -2.09. The van der Waals surface area contributed by atoms with Gasteiger partial charge in [-0.1, -0.05) is 24.0 Å². The molecule has 14 heavy (non-hydrogen) atoms. The third-order valence-corrected chi connectivity index (χ3v) is 2.91. The fraction of sp³-hybridized carbons (Fsp3) is 0.583. The summed E-state index contributed by atoms with van der Waals surface area (Å²) in [5.41, 5.74) is 0. The van der Waals surface area contributed by atoms with E-state index in [1.807, 2.05) is 0 Å². The van der Waals surface area contributed by atoms with Crippen molar-refractivity contribution in [1.82, 2.24) is 0 Å². The smallest absolute Gasteiger partial charge is 0.303 e. The van der Waals surface area contributed by atoms with Crippen LogP contribution in [0.4, 0.5) is 0 Å². The molecule has 74 valence electrons. The summed E-state index contributed by atoms with van der Waals surface area (Å²) in [6, 6.07) is 0. The van der Waals surface area contributed by atoms with Gasteiger partial charge < -0.3 is 4.74 Å². The van der Waals surface area contributed by atoms with Crippen molar-refractivity contribution in [2.75, 3.05) is 6.61 Å². The van der Waals surface area contributed by atoms with E-state index in [0.29, 0.717) is 11.8 Å². The summed E-state index contributed by atoms with van der Waals surface area (Å²) in [5, 5.41) is 0.